The zero-order chi connectivity index (χ0) is 14.4. The van der Waals surface area contributed by atoms with E-state index in [1.165, 1.54) is 5.56 Å². The summed E-state index contributed by atoms with van der Waals surface area (Å²) in [5.41, 5.74) is 2.36. The van der Waals surface area contributed by atoms with Crippen molar-refractivity contribution in [2.45, 2.75) is 52.7 Å². The Hall–Kier alpha value is -1.06. The molecular weight excluding hydrogens is 238 g/mol. The summed E-state index contributed by atoms with van der Waals surface area (Å²) in [6.07, 6.45) is -0.482. The lowest BCUT2D eigenvalue weighted by atomic mass is 10.0. The second-order valence-corrected chi connectivity index (χ2v) is 5.71. The maximum absolute atomic E-state index is 9.84. The lowest BCUT2D eigenvalue weighted by Gasteiger charge is -2.17. The van der Waals surface area contributed by atoms with Gasteiger partial charge in [-0.05, 0) is 30.0 Å². The summed E-state index contributed by atoms with van der Waals surface area (Å²) in [5, 5.41) is 13.0. The van der Waals surface area contributed by atoms with Crippen LogP contribution in [0.5, 0.6) is 5.75 Å². The number of hydrogen-bond donors (Lipinski definition) is 2. The fourth-order valence-electron chi connectivity index (χ4n) is 1.75. The third kappa shape index (κ3) is 5.62. The number of nitrogens with one attached hydrogen (secondary N) is 1. The summed E-state index contributed by atoms with van der Waals surface area (Å²) < 4.78 is 5.73. The molecule has 0 amide bonds. The van der Waals surface area contributed by atoms with Gasteiger partial charge in [0, 0.05) is 12.6 Å². The van der Waals surface area contributed by atoms with E-state index in [4.69, 9.17) is 4.74 Å². The molecule has 0 saturated heterocycles. The number of aryl methyl sites for hydroxylation is 1. The molecule has 0 aliphatic rings. The molecule has 19 heavy (non-hydrogen) atoms. The molecule has 108 valence electrons. The Kier molecular flexibility index (Phi) is 6.32. The van der Waals surface area contributed by atoms with Crippen molar-refractivity contribution in [1.29, 1.82) is 0 Å². The quantitative estimate of drug-likeness (QED) is 0.796. The van der Waals surface area contributed by atoms with Gasteiger partial charge in [-0.25, -0.2) is 0 Å². The molecule has 1 atom stereocenters. The molecular formula is C16H27NO2. The zero-order valence-electron chi connectivity index (χ0n) is 12.7. The Bertz CT molecular complexity index is 388. The van der Waals surface area contributed by atoms with E-state index in [0.29, 0.717) is 25.1 Å². The molecule has 0 heterocycles. The summed E-state index contributed by atoms with van der Waals surface area (Å²) in [6, 6.07) is 6.65. The average Bonchev–Trinajstić information content (AvgIpc) is 2.35. The van der Waals surface area contributed by atoms with Crippen molar-refractivity contribution in [2.24, 2.45) is 0 Å². The van der Waals surface area contributed by atoms with Gasteiger partial charge in [0.05, 0.1) is 0 Å². The van der Waals surface area contributed by atoms with E-state index in [1.807, 2.05) is 6.92 Å². The molecule has 2 N–H and O–H groups in total. The highest BCUT2D eigenvalue weighted by Gasteiger charge is 2.09. The molecule has 0 radical (unpaired) electrons. The molecule has 1 rings (SSSR count). The van der Waals surface area contributed by atoms with Gasteiger partial charge >= 0.3 is 0 Å². The van der Waals surface area contributed by atoms with Crippen molar-refractivity contribution >= 4 is 0 Å². The zero-order valence-corrected chi connectivity index (χ0v) is 12.7. The van der Waals surface area contributed by atoms with Crippen molar-refractivity contribution in [3.8, 4) is 5.75 Å². The van der Waals surface area contributed by atoms with Gasteiger partial charge in [-0.2, -0.15) is 0 Å². The molecule has 1 unspecified atom stereocenters. The van der Waals surface area contributed by atoms with Crippen LogP contribution < -0.4 is 10.1 Å². The van der Waals surface area contributed by atoms with E-state index in [9.17, 15) is 5.11 Å². The monoisotopic (exact) mass is 265 g/mol. The Morgan fingerprint density at radius 2 is 1.89 bits per heavy atom. The largest absolute Gasteiger partial charge is 0.491 e. The first-order chi connectivity index (χ1) is 8.90. The number of aliphatic hydroxyl groups excluding tert-OH is 1. The smallest absolute Gasteiger partial charge is 0.122 e. The van der Waals surface area contributed by atoms with Gasteiger partial charge < -0.3 is 15.2 Å². The average molecular weight is 265 g/mol. The van der Waals surface area contributed by atoms with E-state index in [2.05, 4.69) is 51.2 Å². The number of hydrogen-bond acceptors (Lipinski definition) is 3. The highest BCUT2D eigenvalue weighted by atomic mass is 16.5. The fraction of sp³-hybridized carbons (Fsp3) is 0.625. The van der Waals surface area contributed by atoms with Crippen LogP contribution in [0.4, 0.5) is 0 Å². The van der Waals surface area contributed by atoms with Gasteiger partial charge in [0.1, 0.15) is 18.5 Å². The molecule has 1 aromatic carbocycles. The Balaban J connectivity index is 2.54. The Morgan fingerprint density at radius 3 is 2.47 bits per heavy atom. The minimum Gasteiger partial charge on any atom is -0.491 e. The van der Waals surface area contributed by atoms with E-state index in [0.717, 1.165) is 11.3 Å². The first-order valence-electron chi connectivity index (χ1n) is 7.05. The molecule has 0 aromatic heterocycles. The Labute approximate surface area is 117 Å². The summed E-state index contributed by atoms with van der Waals surface area (Å²) in [6.45, 7) is 11.3. The number of ether oxygens (including phenoxy) is 1. The molecule has 0 fully saturated rings. The van der Waals surface area contributed by atoms with Crippen molar-refractivity contribution in [2.75, 3.05) is 13.2 Å². The topological polar surface area (TPSA) is 41.5 Å². The van der Waals surface area contributed by atoms with E-state index >= 15 is 0 Å². The van der Waals surface area contributed by atoms with Crippen LogP contribution in [0.1, 0.15) is 44.7 Å². The van der Waals surface area contributed by atoms with Crippen LogP contribution in [0.25, 0.3) is 0 Å². The van der Waals surface area contributed by atoms with Crippen LogP contribution in [-0.4, -0.2) is 30.4 Å². The van der Waals surface area contributed by atoms with Crippen molar-refractivity contribution < 1.29 is 9.84 Å². The molecule has 3 nitrogen and oxygen atoms in total. The lowest BCUT2D eigenvalue weighted by molar-refractivity contribution is 0.104. The first-order valence-corrected chi connectivity index (χ1v) is 7.05. The highest BCUT2D eigenvalue weighted by Crippen LogP contribution is 2.24. The molecule has 0 aliphatic carbocycles. The summed E-state index contributed by atoms with van der Waals surface area (Å²) in [5.74, 6) is 1.35. The SMILES string of the molecule is Cc1ccc(C(C)C)cc1OCC(O)CNC(C)C. The number of aliphatic hydroxyl groups is 1. The third-order valence-electron chi connectivity index (χ3n) is 3.07. The normalized spacial score (nSPS) is 13.1. The van der Waals surface area contributed by atoms with Crippen LogP contribution in [-0.2, 0) is 0 Å². The maximum atomic E-state index is 9.84. The van der Waals surface area contributed by atoms with Gasteiger partial charge in [0.15, 0.2) is 0 Å². The van der Waals surface area contributed by atoms with Gasteiger partial charge in [0.25, 0.3) is 0 Å². The summed E-state index contributed by atoms with van der Waals surface area (Å²) >= 11 is 0. The summed E-state index contributed by atoms with van der Waals surface area (Å²) in [7, 11) is 0. The predicted molar refractivity (Wildman–Crippen MR) is 79.9 cm³/mol. The van der Waals surface area contributed by atoms with Crippen LogP contribution in [0.2, 0.25) is 0 Å². The van der Waals surface area contributed by atoms with Gasteiger partial charge in [0.2, 0.25) is 0 Å². The van der Waals surface area contributed by atoms with Crippen LogP contribution in [0.3, 0.4) is 0 Å². The molecule has 3 heteroatoms. The van der Waals surface area contributed by atoms with Gasteiger partial charge in [-0.3, -0.25) is 0 Å². The van der Waals surface area contributed by atoms with Gasteiger partial charge in [-0.15, -0.1) is 0 Å². The highest BCUT2D eigenvalue weighted by molar-refractivity contribution is 5.37. The fourth-order valence-corrected chi connectivity index (χ4v) is 1.75. The number of rotatable bonds is 7. The molecule has 0 bridgehead atoms. The molecule has 0 aliphatic heterocycles. The standard InChI is InChI=1S/C16H27NO2/c1-11(2)14-7-6-13(5)16(8-14)19-10-15(18)9-17-12(3)4/h6-8,11-12,15,17-18H,9-10H2,1-5H3. The number of benzene rings is 1. The predicted octanol–water partition coefficient (Wildman–Crippen LogP) is 2.86. The van der Waals surface area contributed by atoms with Crippen molar-refractivity contribution in [3.05, 3.63) is 29.3 Å². The second-order valence-electron chi connectivity index (χ2n) is 5.71. The Morgan fingerprint density at radius 1 is 1.21 bits per heavy atom. The van der Waals surface area contributed by atoms with Crippen molar-refractivity contribution in [1.82, 2.24) is 5.32 Å². The van der Waals surface area contributed by atoms with E-state index in [-0.39, 0.29) is 0 Å². The molecule has 0 saturated carbocycles. The van der Waals surface area contributed by atoms with E-state index < -0.39 is 6.10 Å². The summed E-state index contributed by atoms with van der Waals surface area (Å²) in [4.78, 5) is 0. The maximum Gasteiger partial charge on any atom is 0.122 e. The van der Waals surface area contributed by atoms with Crippen LogP contribution >= 0.6 is 0 Å². The molecule has 1 aromatic rings. The first kappa shape index (κ1) is 16.0. The minimum atomic E-state index is -0.482. The lowest BCUT2D eigenvalue weighted by Crippen LogP contribution is -2.35. The van der Waals surface area contributed by atoms with Crippen LogP contribution in [0.15, 0.2) is 18.2 Å². The van der Waals surface area contributed by atoms with Gasteiger partial charge in [-0.1, -0.05) is 39.8 Å². The second kappa shape index (κ2) is 7.51. The van der Waals surface area contributed by atoms with E-state index in [1.54, 1.807) is 0 Å². The minimum absolute atomic E-state index is 0.322. The van der Waals surface area contributed by atoms with Crippen LogP contribution in [0, 0.1) is 6.92 Å². The molecule has 0 spiro atoms. The third-order valence-corrected chi connectivity index (χ3v) is 3.07. The van der Waals surface area contributed by atoms with Crippen molar-refractivity contribution in [3.63, 3.8) is 0 Å².